The first-order chi connectivity index (χ1) is 16.8. The van der Waals surface area contributed by atoms with E-state index in [0.717, 1.165) is 68.2 Å². The van der Waals surface area contributed by atoms with Crippen LogP contribution in [0.2, 0.25) is 5.02 Å². The van der Waals surface area contributed by atoms with Gasteiger partial charge in [-0.1, -0.05) is 35.9 Å². The fourth-order valence-electron chi connectivity index (χ4n) is 4.82. The minimum absolute atomic E-state index is 0.0722. The number of carboxylic acid groups (broad SMARTS) is 1. The lowest BCUT2D eigenvalue weighted by atomic mass is 9.99. The van der Waals surface area contributed by atoms with Crippen molar-refractivity contribution in [2.45, 2.75) is 53.5 Å². The molecule has 2 heterocycles. The molecule has 2 aromatic carbocycles. The number of ether oxygens (including phenoxy) is 1. The van der Waals surface area contributed by atoms with Crippen molar-refractivity contribution in [2.24, 2.45) is 0 Å². The van der Waals surface area contributed by atoms with Gasteiger partial charge in [-0.3, -0.25) is 9.78 Å². The van der Waals surface area contributed by atoms with E-state index in [1.54, 1.807) is 6.20 Å². The number of aryl methyl sites for hydroxylation is 5. The topological polar surface area (TPSA) is 64.3 Å². The molecule has 0 aliphatic heterocycles. The normalized spacial score (nSPS) is 11.2. The lowest BCUT2D eigenvalue weighted by Crippen LogP contribution is -2.07. The van der Waals surface area contributed by atoms with Crippen LogP contribution in [0.1, 0.15) is 40.9 Å². The Morgan fingerprint density at radius 1 is 1.06 bits per heavy atom. The molecule has 0 atom stereocenters. The molecule has 4 rings (SSSR count). The quantitative estimate of drug-likeness (QED) is 0.255. The standard InChI is InChI=1S/C29H31ClN2O3/c1-18-16-22(17-19(2)28(18)30)35-15-7-11-24-21(4)32(14-12-27(33)34)29-25(8-5-9-26(24)29)23-10-6-13-31-20(23)3/h5-6,8-10,13,16-17H,7,11-12,14-15H2,1-4H3,(H,33,34). The summed E-state index contributed by atoms with van der Waals surface area (Å²) < 4.78 is 8.20. The van der Waals surface area contributed by atoms with Crippen LogP contribution in [0, 0.1) is 27.7 Å². The van der Waals surface area contributed by atoms with Gasteiger partial charge in [0.1, 0.15) is 5.75 Å². The van der Waals surface area contributed by atoms with Gasteiger partial charge in [0.25, 0.3) is 0 Å². The summed E-state index contributed by atoms with van der Waals surface area (Å²) in [7, 11) is 0. The van der Waals surface area contributed by atoms with Gasteiger partial charge in [0.15, 0.2) is 0 Å². The highest BCUT2D eigenvalue weighted by Gasteiger charge is 2.19. The maximum Gasteiger partial charge on any atom is 0.305 e. The third kappa shape index (κ3) is 5.20. The van der Waals surface area contributed by atoms with E-state index in [-0.39, 0.29) is 6.42 Å². The Kier molecular flexibility index (Phi) is 7.46. The van der Waals surface area contributed by atoms with Crippen LogP contribution in [0.25, 0.3) is 22.0 Å². The van der Waals surface area contributed by atoms with E-state index in [2.05, 4.69) is 40.7 Å². The number of fused-ring (bicyclic) bond motifs is 1. The molecular weight excluding hydrogens is 460 g/mol. The smallest absolute Gasteiger partial charge is 0.305 e. The van der Waals surface area contributed by atoms with Crippen molar-refractivity contribution in [3.8, 4) is 16.9 Å². The highest BCUT2D eigenvalue weighted by atomic mass is 35.5. The largest absolute Gasteiger partial charge is 0.494 e. The zero-order valence-electron chi connectivity index (χ0n) is 20.7. The zero-order chi connectivity index (χ0) is 25.1. The SMILES string of the molecule is Cc1cc(OCCCc2c(C)n(CCC(=O)O)c3c(-c4cccnc4C)cccc23)cc(C)c1Cl. The Balaban J connectivity index is 1.65. The van der Waals surface area contributed by atoms with Gasteiger partial charge in [-0.25, -0.2) is 0 Å². The molecule has 0 saturated heterocycles. The van der Waals surface area contributed by atoms with E-state index in [4.69, 9.17) is 16.3 Å². The van der Waals surface area contributed by atoms with Crippen LogP contribution in [0.4, 0.5) is 0 Å². The van der Waals surface area contributed by atoms with Crippen molar-refractivity contribution < 1.29 is 14.6 Å². The average molecular weight is 491 g/mol. The number of aliphatic carboxylic acids is 1. The number of carbonyl (C=O) groups is 1. The third-order valence-electron chi connectivity index (χ3n) is 6.57. The van der Waals surface area contributed by atoms with Crippen LogP contribution in [0.3, 0.4) is 0 Å². The van der Waals surface area contributed by atoms with Gasteiger partial charge in [0, 0.05) is 45.7 Å². The van der Waals surface area contributed by atoms with Crippen molar-refractivity contribution in [3.63, 3.8) is 0 Å². The summed E-state index contributed by atoms with van der Waals surface area (Å²) >= 11 is 6.28. The zero-order valence-corrected chi connectivity index (χ0v) is 21.4. The molecule has 5 nitrogen and oxygen atoms in total. The van der Waals surface area contributed by atoms with E-state index in [9.17, 15) is 9.90 Å². The fraction of sp³-hybridized carbons (Fsp3) is 0.310. The number of pyridine rings is 1. The molecule has 4 aromatic rings. The summed E-state index contributed by atoms with van der Waals surface area (Å²) in [6.07, 6.45) is 3.55. The van der Waals surface area contributed by atoms with Gasteiger partial charge in [-0.15, -0.1) is 0 Å². The number of hydrogen-bond donors (Lipinski definition) is 1. The molecule has 0 fully saturated rings. The predicted octanol–water partition coefficient (Wildman–Crippen LogP) is 7.08. The van der Waals surface area contributed by atoms with Gasteiger partial charge in [0.05, 0.1) is 18.5 Å². The van der Waals surface area contributed by atoms with E-state index < -0.39 is 5.97 Å². The number of para-hydroxylation sites is 1. The first-order valence-electron chi connectivity index (χ1n) is 11.9. The van der Waals surface area contributed by atoms with E-state index in [1.807, 2.05) is 39.0 Å². The maximum absolute atomic E-state index is 11.4. The van der Waals surface area contributed by atoms with Gasteiger partial charge in [-0.2, -0.15) is 0 Å². The summed E-state index contributed by atoms with van der Waals surface area (Å²) in [5.74, 6) is 0.0316. The predicted molar refractivity (Wildman–Crippen MR) is 142 cm³/mol. The first-order valence-corrected chi connectivity index (χ1v) is 12.3. The number of benzene rings is 2. The Labute approximate surface area is 211 Å². The van der Waals surface area contributed by atoms with Crippen LogP contribution in [-0.4, -0.2) is 27.2 Å². The molecular formula is C29H31ClN2O3. The van der Waals surface area contributed by atoms with Crippen LogP contribution in [-0.2, 0) is 17.8 Å². The second-order valence-electron chi connectivity index (χ2n) is 9.02. The summed E-state index contributed by atoms with van der Waals surface area (Å²) in [6.45, 7) is 9.07. The molecule has 0 aliphatic carbocycles. The van der Waals surface area contributed by atoms with E-state index in [1.165, 1.54) is 5.56 Å². The molecule has 0 unspecified atom stereocenters. The molecule has 0 amide bonds. The number of carboxylic acids is 1. The summed E-state index contributed by atoms with van der Waals surface area (Å²) in [5.41, 5.74) is 8.53. The average Bonchev–Trinajstić information content (AvgIpc) is 3.10. The third-order valence-corrected chi connectivity index (χ3v) is 7.17. The van der Waals surface area contributed by atoms with Crippen molar-refractivity contribution in [1.29, 1.82) is 0 Å². The summed E-state index contributed by atoms with van der Waals surface area (Å²) in [6, 6.07) is 14.3. The molecule has 1 N–H and O–H groups in total. The highest BCUT2D eigenvalue weighted by Crippen LogP contribution is 2.36. The van der Waals surface area contributed by atoms with Crippen molar-refractivity contribution in [3.05, 3.63) is 81.8 Å². The minimum Gasteiger partial charge on any atom is -0.494 e. The van der Waals surface area contributed by atoms with Crippen molar-refractivity contribution in [2.75, 3.05) is 6.61 Å². The van der Waals surface area contributed by atoms with Gasteiger partial charge in [0.2, 0.25) is 0 Å². The fourth-order valence-corrected chi connectivity index (χ4v) is 4.93. The number of nitrogens with zero attached hydrogens (tertiary/aromatic N) is 2. The number of aromatic nitrogens is 2. The van der Waals surface area contributed by atoms with E-state index in [0.29, 0.717) is 13.2 Å². The van der Waals surface area contributed by atoms with Crippen LogP contribution < -0.4 is 4.74 Å². The Bertz CT molecular complexity index is 1370. The number of halogens is 1. The molecule has 6 heteroatoms. The first kappa shape index (κ1) is 24.8. The summed E-state index contributed by atoms with van der Waals surface area (Å²) in [4.78, 5) is 15.9. The van der Waals surface area contributed by atoms with Gasteiger partial charge in [-0.05, 0) is 75.4 Å². The lowest BCUT2D eigenvalue weighted by molar-refractivity contribution is -0.137. The molecule has 182 valence electrons. The van der Waals surface area contributed by atoms with Gasteiger partial charge >= 0.3 is 5.97 Å². The minimum atomic E-state index is -0.801. The number of hydrogen-bond acceptors (Lipinski definition) is 3. The maximum atomic E-state index is 11.4. The van der Waals surface area contributed by atoms with E-state index >= 15 is 0 Å². The number of rotatable bonds is 9. The van der Waals surface area contributed by atoms with Crippen molar-refractivity contribution in [1.82, 2.24) is 9.55 Å². The molecule has 0 saturated carbocycles. The van der Waals surface area contributed by atoms with Crippen LogP contribution in [0.5, 0.6) is 5.75 Å². The van der Waals surface area contributed by atoms with Gasteiger partial charge < -0.3 is 14.4 Å². The summed E-state index contributed by atoms with van der Waals surface area (Å²) in [5, 5.41) is 11.3. The Morgan fingerprint density at radius 3 is 2.46 bits per heavy atom. The Morgan fingerprint density at radius 2 is 1.77 bits per heavy atom. The van der Waals surface area contributed by atoms with Crippen molar-refractivity contribution >= 4 is 28.5 Å². The van der Waals surface area contributed by atoms with Crippen LogP contribution in [0.15, 0.2) is 48.7 Å². The highest BCUT2D eigenvalue weighted by molar-refractivity contribution is 6.32. The molecule has 35 heavy (non-hydrogen) atoms. The monoisotopic (exact) mass is 490 g/mol. The molecule has 0 bridgehead atoms. The second-order valence-corrected chi connectivity index (χ2v) is 9.40. The molecule has 0 radical (unpaired) electrons. The Hall–Kier alpha value is -3.31. The molecule has 0 spiro atoms. The molecule has 2 aromatic heterocycles. The second kappa shape index (κ2) is 10.5. The molecule has 0 aliphatic rings. The van der Waals surface area contributed by atoms with Crippen LogP contribution >= 0.6 is 11.6 Å². The lowest BCUT2D eigenvalue weighted by Gasteiger charge is -2.12.